The second kappa shape index (κ2) is 89.5. The van der Waals surface area contributed by atoms with Crippen molar-refractivity contribution in [1.82, 2.24) is 78.8 Å². The molecule has 0 saturated heterocycles. The van der Waals surface area contributed by atoms with Crippen molar-refractivity contribution < 1.29 is 105 Å². The van der Waals surface area contributed by atoms with E-state index in [-0.39, 0.29) is 165 Å². The molecule has 32 N–H and O–H groups in total. The Morgan fingerprint density at radius 1 is 0.439 bits per heavy atom. The van der Waals surface area contributed by atoms with E-state index in [0.29, 0.717) is 32.1 Å². The standard InChI is InChI=1S/C22H36N4O5.2C21H34N4O5.C10H19N5O.C9H16N2O.C2H5NO.C2H6.2CH5N.2CH4.Cu/c1-15(28)20(14-27)26-13-22(31)19(5-3-4-10-24-2)25-12-21(30)18(23)11-16-6-8-17(29)9-7-16;1-14(27)19(13-26)24-12-20(29)18(11-15-6-8-16(28)9-7-15)25-21(30)17(22)5-3-4-10-23-2;1-24-9-3-2-4-18(19(28)11-15(13-26)21(23)30)25-12-20(29)17(22)10-14-5-7-16(27)8-6-14;1-11-9(10(16)12-2)6-4-5-8-7-13-14-15(8)3;1-4-5-6-7-8(10-2)9(12)11-3;1-2(3)4;3*1-2;;;/h6-9,18-20,24-27,29H,3-5,10-14,23H2,1-2H3;6-9,17-19,23-24,26,28H,3-5,10-13,22H2,1-2H3,(H,25,30);5-8,15,17-18,24-27H,2-4,9-13,22H2,1H3,(H2,23,30);7,9,11H,4-6H2,1-3H3,(H,12,16);1,8,10H,5-7H2,2-3H3,(H,11,12);1H3,(H2,3,4);1-2H3;2*2H2,1H3;2*1H4;/t18-,19-,20-;17-,18-,19-;15-,17-,18-;9-;8-;;;;;;;/m00000......./s1. The molecule has 132 heavy (non-hydrogen) atoms. The second-order valence-electron chi connectivity index (χ2n) is 29.3. The number of nitrogens with two attached hydrogens (primary N) is 7. The van der Waals surface area contributed by atoms with Gasteiger partial charge in [-0.2, -0.15) is 0 Å². The molecule has 1 heterocycles. The first-order valence-corrected chi connectivity index (χ1v) is 43.5. The Morgan fingerprint density at radius 2 is 0.773 bits per heavy atom. The summed E-state index contributed by atoms with van der Waals surface area (Å²) in [4.78, 5) is 141. The number of aryl methyl sites for hydroxylation is 2. The summed E-state index contributed by atoms with van der Waals surface area (Å²) in [5.74, 6) is -1.21. The number of Topliss-reactive ketones (excluding diaryl/α,β-unsaturated/α-hetero) is 7. The number of nitrogens with one attached hydrogen (secondary N) is 12. The van der Waals surface area contributed by atoms with Gasteiger partial charge in [-0.15, -0.1) is 17.4 Å². The summed E-state index contributed by atoms with van der Waals surface area (Å²) >= 11 is 0. The first kappa shape index (κ1) is 138. The van der Waals surface area contributed by atoms with Crippen molar-refractivity contribution in [3.05, 3.63) is 101 Å². The molecule has 0 bridgehead atoms. The quantitative estimate of drug-likeness (QED) is 0.0133. The van der Waals surface area contributed by atoms with E-state index >= 15 is 0 Å². The summed E-state index contributed by atoms with van der Waals surface area (Å²) in [7, 11) is 17.3. The van der Waals surface area contributed by atoms with Crippen molar-refractivity contribution >= 4 is 70.0 Å². The number of hydrogen-bond acceptors (Lipinski definition) is 34. The number of aromatic nitrogens is 3. The number of unbranched alkanes of at least 4 members (excludes halogenated alkanes) is 4. The number of likely N-dealkylation sites (N-methyl/N-ethyl adjacent to an activating group) is 4. The Labute approximate surface area is 795 Å². The van der Waals surface area contributed by atoms with E-state index in [1.54, 1.807) is 87.6 Å². The molecular formula is C91H168CuN22O18. The SMILES string of the molecule is C.C.C#CCCC[C@H](NC)C(=O)NC.CC.CC(N)=O.CN.CN.CNC(=O)[C@H](CCCc1cnnn1C)NC.CNCCCC[C@H](N)C(=O)N[C@@H](Cc1ccc(O)cc1)C(=O)CN[C@@H](CO)C(C)=O.CNCCCC[C@H](NCC(=O)[C@@H](N)Cc1ccc(O)cc1)C(=O)CN[C@@H](CO)C(C)=O.CNCCCC[C@H](NCC(=O)[C@@H](N)Cc1ccc(O)cc1)C(=O)C[C@@H](CO)C(N)=O.[Cu]. The normalized spacial score (nSPS) is 12.6. The van der Waals surface area contributed by atoms with E-state index in [0.717, 1.165) is 119 Å². The van der Waals surface area contributed by atoms with Gasteiger partial charge in [0.25, 0.3) is 0 Å². The molecule has 0 aliphatic rings. The van der Waals surface area contributed by atoms with Crippen LogP contribution >= 0.6 is 0 Å². The molecule has 1 radical (unpaired) electrons. The van der Waals surface area contributed by atoms with Gasteiger partial charge in [-0.25, -0.2) is 0 Å². The topological polar surface area (TPSA) is 683 Å². The van der Waals surface area contributed by atoms with Crippen LogP contribution in [0.25, 0.3) is 0 Å². The minimum absolute atomic E-state index is 0. The van der Waals surface area contributed by atoms with E-state index in [2.05, 4.69) is 97.2 Å². The van der Waals surface area contributed by atoms with Crippen LogP contribution in [-0.4, -0.2) is 305 Å². The van der Waals surface area contributed by atoms with Crippen LogP contribution in [0.1, 0.15) is 168 Å². The number of aliphatic hydroxyl groups is 3. The van der Waals surface area contributed by atoms with Gasteiger partial charge in [-0.3, -0.25) is 72.8 Å². The Hall–Kier alpha value is -9.36. The van der Waals surface area contributed by atoms with Gasteiger partial charge in [0.05, 0.1) is 124 Å². The van der Waals surface area contributed by atoms with Gasteiger partial charge in [0, 0.05) is 58.0 Å². The number of hydrogen-bond donors (Lipinski definition) is 25. The molecular weight excluding hydrogens is 1750 g/mol. The second-order valence-corrected chi connectivity index (χ2v) is 29.3. The van der Waals surface area contributed by atoms with Gasteiger partial charge in [0.15, 0.2) is 28.9 Å². The number of nitrogens with zero attached hydrogens (tertiary/aromatic N) is 3. The third-order valence-electron chi connectivity index (χ3n) is 19.2. The van der Waals surface area contributed by atoms with Crippen LogP contribution in [0.5, 0.6) is 17.2 Å². The Balaban J connectivity index is -0.000000242. The molecule has 1 aromatic heterocycles. The van der Waals surface area contributed by atoms with Crippen molar-refractivity contribution in [2.45, 2.75) is 232 Å². The third kappa shape index (κ3) is 69.5. The number of aromatic hydroxyl groups is 3. The summed E-state index contributed by atoms with van der Waals surface area (Å²) in [5.41, 5.74) is 40.2. The van der Waals surface area contributed by atoms with Gasteiger partial charge < -0.3 is 124 Å². The summed E-state index contributed by atoms with van der Waals surface area (Å²) in [5, 5.41) is 98.0. The minimum atomic E-state index is -0.938. The van der Waals surface area contributed by atoms with Gasteiger partial charge >= 0.3 is 0 Å². The smallest absolute Gasteiger partial charge is 0.237 e. The fourth-order valence-electron chi connectivity index (χ4n) is 11.6. The number of primary amides is 2. The predicted molar refractivity (Wildman–Crippen MR) is 517 cm³/mol. The molecule has 11 atom stereocenters. The summed E-state index contributed by atoms with van der Waals surface area (Å²) < 4.78 is 1.76. The van der Waals surface area contributed by atoms with E-state index in [4.69, 9.17) is 29.4 Å². The molecule has 0 aliphatic heterocycles. The maximum atomic E-state index is 12.7. The molecule has 4 aromatic rings. The van der Waals surface area contributed by atoms with Crippen LogP contribution in [0.2, 0.25) is 0 Å². The predicted octanol–water partition coefficient (Wildman–Crippen LogP) is -1.70. The average Bonchev–Trinajstić information content (AvgIpc) is 1.05. The van der Waals surface area contributed by atoms with Crippen LogP contribution < -0.4 is 104 Å². The number of benzene rings is 3. The number of rotatable bonds is 59. The first-order valence-electron chi connectivity index (χ1n) is 43.5. The monoisotopic (exact) mass is 1920 g/mol. The molecule has 0 spiro atoms. The molecule has 0 saturated carbocycles. The number of ketones is 7. The number of phenols is 3. The molecule has 761 valence electrons. The number of carbonyl (C=O) groups excluding carboxylic acids is 12. The Bertz CT molecular complexity index is 3720. The van der Waals surface area contributed by atoms with Crippen molar-refractivity contribution in [3.63, 3.8) is 0 Å². The molecule has 5 amide bonds. The zero-order valence-electron chi connectivity index (χ0n) is 79.2. The van der Waals surface area contributed by atoms with Gasteiger partial charge in [0.2, 0.25) is 29.5 Å². The summed E-state index contributed by atoms with van der Waals surface area (Å²) in [6.07, 6.45) is 19.1. The largest absolute Gasteiger partial charge is 0.508 e. The van der Waals surface area contributed by atoms with Crippen LogP contribution in [0, 0.1) is 18.3 Å². The maximum absolute atomic E-state index is 12.7. The Morgan fingerprint density at radius 3 is 1.09 bits per heavy atom. The number of terminal acetylenes is 1. The van der Waals surface area contributed by atoms with E-state index in [9.17, 15) is 88.2 Å². The summed E-state index contributed by atoms with van der Waals surface area (Å²) in [6, 6.07) is 13.2. The molecule has 0 fully saturated rings. The Kier molecular flexibility index (Phi) is 93.6. The van der Waals surface area contributed by atoms with Crippen molar-refractivity contribution in [2.75, 3.05) is 129 Å². The molecule has 40 nitrogen and oxygen atoms in total. The van der Waals surface area contributed by atoms with Crippen LogP contribution in [0.4, 0.5) is 0 Å². The average molecular weight is 1920 g/mol. The van der Waals surface area contributed by atoms with E-state index < -0.39 is 79.3 Å². The van der Waals surface area contributed by atoms with Crippen LogP contribution in [0.15, 0.2) is 79.0 Å². The number of phenolic OH excluding ortho intramolecular Hbond substituents is 3. The fourth-order valence-corrected chi connectivity index (χ4v) is 11.6. The van der Waals surface area contributed by atoms with Crippen LogP contribution in [-0.2, 0) is 107 Å². The fraction of sp³-hybridized carbons (Fsp3) is 0.626. The maximum Gasteiger partial charge on any atom is 0.237 e. The molecule has 0 aliphatic carbocycles. The zero-order valence-corrected chi connectivity index (χ0v) is 80.1. The van der Waals surface area contributed by atoms with E-state index in [1.165, 1.54) is 59.1 Å². The van der Waals surface area contributed by atoms with Crippen molar-refractivity contribution in [1.29, 1.82) is 0 Å². The van der Waals surface area contributed by atoms with Gasteiger partial charge in [-0.05, 0) is 226 Å². The van der Waals surface area contributed by atoms with Gasteiger partial charge in [0.1, 0.15) is 28.8 Å². The molecule has 3 aromatic carbocycles. The number of aliphatic hydroxyl groups excluding tert-OH is 3. The first-order chi connectivity index (χ1) is 61.5. The molecule has 0 unspecified atom stereocenters. The molecule has 4 rings (SSSR count). The zero-order chi connectivity index (χ0) is 99.2. The van der Waals surface area contributed by atoms with Crippen molar-refractivity contribution in [3.8, 4) is 29.6 Å². The van der Waals surface area contributed by atoms with Crippen LogP contribution in [0.3, 0.4) is 0 Å². The van der Waals surface area contributed by atoms with Crippen molar-refractivity contribution in [2.24, 2.45) is 53.1 Å². The summed E-state index contributed by atoms with van der Waals surface area (Å²) in [6.45, 7) is 8.75. The number of amides is 5. The van der Waals surface area contributed by atoms with E-state index in [1.807, 2.05) is 42.0 Å². The number of carbonyl (C=O) groups is 12. The van der Waals surface area contributed by atoms with Gasteiger partial charge in [-0.1, -0.05) is 89.6 Å². The third-order valence-corrected chi connectivity index (χ3v) is 19.2. The molecule has 41 heteroatoms. The minimum Gasteiger partial charge on any atom is -0.508 e.